The summed E-state index contributed by atoms with van der Waals surface area (Å²) in [7, 11) is 0. The van der Waals surface area contributed by atoms with Crippen LogP contribution in [0.15, 0.2) is 36.4 Å². The van der Waals surface area contributed by atoms with E-state index in [1.165, 1.54) is 0 Å². The minimum Gasteiger partial charge on any atom is -0.368 e. The Morgan fingerprint density at radius 3 is 2.50 bits per heavy atom. The fraction of sp³-hybridized carbons (Fsp3) is 0.0769. The highest BCUT2D eigenvalue weighted by Gasteiger charge is 1.95. The van der Waals surface area contributed by atoms with Crippen LogP contribution >= 0.6 is 0 Å². The zero-order valence-electron chi connectivity index (χ0n) is 9.09. The number of hydrogen-bond donors (Lipinski definition) is 1. The van der Waals surface area contributed by atoms with Gasteiger partial charge < -0.3 is 5.73 Å². The van der Waals surface area contributed by atoms with E-state index >= 15 is 0 Å². The Balaban J connectivity index is 2.24. The Morgan fingerprint density at radius 1 is 1.06 bits per heavy atom. The molecule has 2 N–H and O–H groups in total. The van der Waals surface area contributed by atoms with Gasteiger partial charge in [-0.2, -0.15) is 0 Å². The highest BCUT2D eigenvalue weighted by molar-refractivity contribution is 5.68. The molecule has 0 saturated carbocycles. The minimum absolute atomic E-state index is 0.313. The van der Waals surface area contributed by atoms with E-state index < -0.39 is 0 Å². The summed E-state index contributed by atoms with van der Waals surface area (Å²) in [6.45, 7) is 1.90. The largest absolute Gasteiger partial charge is 0.368 e. The second-order valence-corrected chi connectivity index (χ2v) is 3.54. The summed E-state index contributed by atoms with van der Waals surface area (Å²) in [6, 6.07) is 12.0. The number of aryl methyl sites for hydroxylation is 1. The van der Waals surface area contributed by atoms with E-state index in [1.54, 1.807) is 0 Å². The molecule has 1 heterocycles. The van der Waals surface area contributed by atoms with Gasteiger partial charge in [-0.05, 0) is 24.6 Å². The lowest BCUT2D eigenvalue weighted by Gasteiger charge is -1.98. The van der Waals surface area contributed by atoms with Crippen molar-refractivity contribution in [2.75, 3.05) is 5.73 Å². The van der Waals surface area contributed by atoms with Gasteiger partial charge in [-0.15, -0.1) is 0 Å². The summed E-state index contributed by atoms with van der Waals surface area (Å²) in [5.74, 6) is 0.313. The standard InChI is InChI=1S/C13H13N3/c1-10-9-12(16-13(14)15-10)8-7-11-5-3-2-4-6-11/h2-9H,1H3,(H2,14,15,16)/b8-7+. The third-order valence-electron chi connectivity index (χ3n) is 2.14. The molecule has 0 aliphatic carbocycles. The molecule has 0 amide bonds. The molecule has 3 nitrogen and oxygen atoms in total. The molecular formula is C13H13N3. The number of benzene rings is 1. The van der Waals surface area contributed by atoms with Crippen LogP contribution in [0, 0.1) is 6.92 Å². The van der Waals surface area contributed by atoms with E-state index in [4.69, 9.17) is 5.73 Å². The lowest BCUT2D eigenvalue weighted by Crippen LogP contribution is -1.97. The first-order chi connectivity index (χ1) is 7.74. The first-order valence-corrected chi connectivity index (χ1v) is 5.08. The summed E-state index contributed by atoms with van der Waals surface area (Å²) in [5.41, 5.74) is 8.41. The summed E-state index contributed by atoms with van der Waals surface area (Å²) in [5, 5.41) is 0. The Labute approximate surface area is 94.7 Å². The number of nitrogens with two attached hydrogens (primary N) is 1. The van der Waals surface area contributed by atoms with Gasteiger partial charge in [-0.25, -0.2) is 9.97 Å². The highest BCUT2D eigenvalue weighted by Crippen LogP contribution is 2.08. The zero-order chi connectivity index (χ0) is 11.4. The van der Waals surface area contributed by atoms with E-state index in [-0.39, 0.29) is 0 Å². The van der Waals surface area contributed by atoms with Gasteiger partial charge in [0.1, 0.15) is 0 Å². The van der Waals surface area contributed by atoms with Gasteiger partial charge in [0.05, 0.1) is 5.69 Å². The monoisotopic (exact) mass is 211 g/mol. The first kappa shape index (κ1) is 10.4. The van der Waals surface area contributed by atoms with Crippen LogP contribution in [0.4, 0.5) is 5.95 Å². The molecule has 2 aromatic rings. The third kappa shape index (κ3) is 2.67. The SMILES string of the molecule is Cc1cc(/C=C/c2ccccc2)nc(N)n1. The Kier molecular flexibility index (Phi) is 2.96. The van der Waals surface area contributed by atoms with E-state index in [9.17, 15) is 0 Å². The van der Waals surface area contributed by atoms with Gasteiger partial charge in [0.2, 0.25) is 5.95 Å². The van der Waals surface area contributed by atoms with Gasteiger partial charge in [0.25, 0.3) is 0 Å². The number of aromatic nitrogens is 2. The quantitative estimate of drug-likeness (QED) is 0.830. The topological polar surface area (TPSA) is 51.8 Å². The van der Waals surface area contributed by atoms with Crippen molar-refractivity contribution in [3.05, 3.63) is 53.3 Å². The second-order valence-electron chi connectivity index (χ2n) is 3.54. The highest BCUT2D eigenvalue weighted by atomic mass is 15.0. The Hall–Kier alpha value is -2.16. The molecule has 2 rings (SSSR count). The molecule has 0 fully saturated rings. The smallest absolute Gasteiger partial charge is 0.220 e. The fourth-order valence-electron chi connectivity index (χ4n) is 1.45. The van der Waals surface area contributed by atoms with Crippen LogP contribution in [0.25, 0.3) is 12.2 Å². The van der Waals surface area contributed by atoms with Crippen LogP contribution < -0.4 is 5.73 Å². The number of hydrogen-bond acceptors (Lipinski definition) is 3. The fourth-order valence-corrected chi connectivity index (χ4v) is 1.45. The molecule has 80 valence electrons. The Bertz CT molecular complexity index is 484. The van der Waals surface area contributed by atoms with Gasteiger partial charge in [-0.3, -0.25) is 0 Å². The van der Waals surface area contributed by atoms with Crippen molar-refractivity contribution in [3.63, 3.8) is 0 Å². The molecule has 3 heteroatoms. The summed E-state index contributed by atoms with van der Waals surface area (Å²) >= 11 is 0. The molecular weight excluding hydrogens is 198 g/mol. The average molecular weight is 211 g/mol. The predicted octanol–water partition coefficient (Wildman–Crippen LogP) is 2.54. The van der Waals surface area contributed by atoms with Gasteiger partial charge >= 0.3 is 0 Å². The van der Waals surface area contributed by atoms with E-state index in [0.29, 0.717) is 5.95 Å². The van der Waals surface area contributed by atoms with Crippen molar-refractivity contribution < 1.29 is 0 Å². The van der Waals surface area contributed by atoms with E-state index in [1.807, 2.05) is 55.5 Å². The number of anilines is 1. The van der Waals surface area contributed by atoms with Gasteiger partial charge in [-0.1, -0.05) is 36.4 Å². The molecule has 1 aromatic carbocycles. The van der Waals surface area contributed by atoms with Crippen molar-refractivity contribution in [2.24, 2.45) is 0 Å². The van der Waals surface area contributed by atoms with Crippen molar-refractivity contribution in [1.82, 2.24) is 9.97 Å². The molecule has 0 radical (unpaired) electrons. The first-order valence-electron chi connectivity index (χ1n) is 5.08. The molecule has 0 atom stereocenters. The molecule has 0 unspecified atom stereocenters. The number of nitrogens with zero attached hydrogens (tertiary/aromatic N) is 2. The molecule has 0 bridgehead atoms. The normalized spacial score (nSPS) is 10.8. The summed E-state index contributed by atoms with van der Waals surface area (Å²) in [6.07, 6.45) is 3.93. The maximum absolute atomic E-state index is 5.57. The summed E-state index contributed by atoms with van der Waals surface area (Å²) in [4.78, 5) is 8.15. The van der Waals surface area contributed by atoms with Crippen LogP contribution in [0.3, 0.4) is 0 Å². The molecule has 16 heavy (non-hydrogen) atoms. The molecule has 0 spiro atoms. The zero-order valence-corrected chi connectivity index (χ0v) is 9.09. The molecule has 1 aromatic heterocycles. The Morgan fingerprint density at radius 2 is 1.81 bits per heavy atom. The van der Waals surface area contributed by atoms with Crippen molar-refractivity contribution in [3.8, 4) is 0 Å². The molecule has 0 aliphatic heterocycles. The lowest BCUT2D eigenvalue weighted by atomic mass is 10.2. The van der Waals surface area contributed by atoms with Crippen LogP contribution in [0.5, 0.6) is 0 Å². The summed E-state index contributed by atoms with van der Waals surface area (Å²) < 4.78 is 0. The molecule has 0 aliphatic rings. The average Bonchev–Trinajstić information content (AvgIpc) is 2.27. The van der Waals surface area contributed by atoms with Gasteiger partial charge in [0, 0.05) is 5.69 Å². The van der Waals surface area contributed by atoms with Crippen LogP contribution in [0.1, 0.15) is 17.0 Å². The van der Waals surface area contributed by atoms with Gasteiger partial charge in [0.15, 0.2) is 0 Å². The van der Waals surface area contributed by atoms with Crippen LogP contribution in [-0.2, 0) is 0 Å². The van der Waals surface area contributed by atoms with Crippen LogP contribution in [0.2, 0.25) is 0 Å². The third-order valence-corrected chi connectivity index (χ3v) is 2.14. The van der Waals surface area contributed by atoms with Crippen LogP contribution in [-0.4, -0.2) is 9.97 Å². The second kappa shape index (κ2) is 4.57. The minimum atomic E-state index is 0.313. The maximum atomic E-state index is 5.57. The van der Waals surface area contributed by atoms with Crippen molar-refractivity contribution in [1.29, 1.82) is 0 Å². The van der Waals surface area contributed by atoms with Crippen molar-refractivity contribution in [2.45, 2.75) is 6.92 Å². The maximum Gasteiger partial charge on any atom is 0.220 e. The lowest BCUT2D eigenvalue weighted by molar-refractivity contribution is 1.11. The number of rotatable bonds is 2. The number of nitrogen functional groups attached to an aromatic ring is 1. The van der Waals surface area contributed by atoms with Crippen molar-refractivity contribution >= 4 is 18.1 Å². The van der Waals surface area contributed by atoms with E-state index in [0.717, 1.165) is 17.0 Å². The van der Waals surface area contributed by atoms with E-state index in [2.05, 4.69) is 9.97 Å². The molecule has 0 saturated heterocycles. The predicted molar refractivity (Wildman–Crippen MR) is 66.6 cm³/mol.